The molecule has 0 bridgehead atoms. The van der Waals surface area contributed by atoms with Gasteiger partial charge in [-0.1, -0.05) is 6.07 Å². The van der Waals surface area contributed by atoms with Gasteiger partial charge in [-0.05, 0) is 50.8 Å². The Hall–Kier alpha value is -1.26. The van der Waals surface area contributed by atoms with E-state index < -0.39 is 0 Å². The molecule has 5 heteroatoms. The second-order valence-corrected chi connectivity index (χ2v) is 5.73. The fraction of sp³-hybridized carbons (Fsp3) is 0.562. The van der Waals surface area contributed by atoms with Crippen LogP contribution in [0.1, 0.15) is 32.1 Å². The number of anilines is 1. The predicted molar refractivity (Wildman–Crippen MR) is 86.2 cm³/mol. The summed E-state index contributed by atoms with van der Waals surface area (Å²) in [6.45, 7) is 1.72. The first kappa shape index (κ1) is 16.1. The highest BCUT2D eigenvalue weighted by Gasteiger charge is 2.22. The van der Waals surface area contributed by atoms with Crippen molar-refractivity contribution >= 4 is 24.0 Å². The van der Waals surface area contributed by atoms with Crippen LogP contribution in [0, 0.1) is 5.92 Å². The fourth-order valence-corrected chi connectivity index (χ4v) is 2.97. The third-order valence-electron chi connectivity index (χ3n) is 4.14. The number of hydrogen-bond acceptors (Lipinski definition) is 3. The van der Waals surface area contributed by atoms with Crippen molar-refractivity contribution in [1.29, 1.82) is 0 Å². The minimum atomic E-state index is 0. The zero-order valence-electron chi connectivity index (χ0n) is 12.1. The van der Waals surface area contributed by atoms with Gasteiger partial charge in [-0.15, -0.1) is 12.4 Å². The van der Waals surface area contributed by atoms with Gasteiger partial charge in [0.1, 0.15) is 5.75 Å². The molecule has 0 spiro atoms. The maximum Gasteiger partial charge on any atom is 0.228 e. The molecule has 2 fully saturated rings. The first-order chi connectivity index (χ1) is 9.81. The quantitative estimate of drug-likeness (QED) is 0.899. The van der Waals surface area contributed by atoms with Crippen molar-refractivity contribution in [3.05, 3.63) is 24.3 Å². The molecule has 4 nitrogen and oxygen atoms in total. The van der Waals surface area contributed by atoms with Gasteiger partial charge in [-0.25, -0.2) is 0 Å². The molecular weight excluding hydrogens is 288 g/mol. The van der Waals surface area contributed by atoms with Crippen molar-refractivity contribution in [3.8, 4) is 5.75 Å². The van der Waals surface area contributed by atoms with Crippen LogP contribution in [0.3, 0.4) is 0 Å². The number of benzene rings is 1. The van der Waals surface area contributed by atoms with Crippen LogP contribution in [0.25, 0.3) is 0 Å². The topological polar surface area (TPSA) is 50.4 Å². The second kappa shape index (κ2) is 7.66. The fourth-order valence-electron chi connectivity index (χ4n) is 2.97. The van der Waals surface area contributed by atoms with Gasteiger partial charge < -0.3 is 15.4 Å². The maximum absolute atomic E-state index is 12.1. The molecule has 1 heterocycles. The molecule has 1 saturated heterocycles. The Kier molecular flexibility index (Phi) is 5.88. The molecule has 116 valence electrons. The van der Waals surface area contributed by atoms with E-state index >= 15 is 0 Å². The van der Waals surface area contributed by atoms with E-state index in [4.69, 9.17) is 4.74 Å². The monoisotopic (exact) mass is 310 g/mol. The summed E-state index contributed by atoms with van der Waals surface area (Å²) in [6.07, 6.45) is 6.07. The number of ether oxygens (including phenoxy) is 1. The van der Waals surface area contributed by atoms with Crippen molar-refractivity contribution in [2.45, 2.75) is 38.2 Å². The minimum Gasteiger partial charge on any atom is -0.490 e. The lowest BCUT2D eigenvalue weighted by Crippen LogP contribution is -2.24. The van der Waals surface area contributed by atoms with Gasteiger partial charge in [0.15, 0.2) is 0 Å². The van der Waals surface area contributed by atoms with Crippen LogP contribution in [-0.2, 0) is 4.79 Å². The van der Waals surface area contributed by atoms with E-state index in [1.807, 2.05) is 24.3 Å². The highest BCUT2D eigenvalue weighted by molar-refractivity contribution is 5.93. The van der Waals surface area contributed by atoms with Crippen LogP contribution in [0.4, 0.5) is 5.69 Å². The summed E-state index contributed by atoms with van der Waals surface area (Å²) in [5, 5.41) is 6.20. The Labute approximate surface area is 132 Å². The SMILES string of the molecule is Cl.O=C(Nc1cccc(OC2CCCC2)c1)C1CCNC1. The Morgan fingerprint density at radius 1 is 1.24 bits per heavy atom. The molecule has 1 aromatic rings. The molecule has 1 aromatic carbocycles. The third kappa shape index (κ3) is 4.35. The number of rotatable bonds is 4. The number of carbonyl (C=O) groups is 1. The van der Waals surface area contributed by atoms with Crippen LogP contribution in [-0.4, -0.2) is 25.1 Å². The van der Waals surface area contributed by atoms with E-state index in [1.165, 1.54) is 12.8 Å². The Balaban J connectivity index is 0.00000161. The number of amides is 1. The van der Waals surface area contributed by atoms with E-state index in [1.54, 1.807) is 0 Å². The average molecular weight is 311 g/mol. The van der Waals surface area contributed by atoms with Crippen molar-refractivity contribution in [2.24, 2.45) is 5.92 Å². The highest BCUT2D eigenvalue weighted by atomic mass is 35.5. The Bertz CT molecular complexity index is 469. The number of carbonyl (C=O) groups excluding carboxylic acids is 1. The summed E-state index contributed by atoms with van der Waals surface area (Å²) in [7, 11) is 0. The van der Waals surface area contributed by atoms with Gasteiger partial charge in [0.05, 0.1) is 12.0 Å². The largest absolute Gasteiger partial charge is 0.490 e. The molecule has 3 rings (SSSR count). The van der Waals surface area contributed by atoms with Gasteiger partial charge in [-0.2, -0.15) is 0 Å². The molecule has 1 aliphatic heterocycles. The Morgan fingerprint density at radius 3 is 2.76 bits per heavy atom. The molecule has 1 atom stereocenters. The van der Waals surface area contributed by atoms with Crippen molar-refractivity contribution < 1.29 is 9.53 Å². The molecule has 1 saturated carbocycles. The van der Waals surface area contributed by atoms with Crippen molar-refractivity contribution in [3.63, 3.8) is 0 Å². The molecule has 1 aliphatic carbocycles. The van der Waals surface area contributed by atoms with Crippen LogP contribution in [0.15, 0.2) is 24.3 Å². The van der Waals surface area contributed by atoms with Gasteiger partial charge >= 0.3 is 0 Å². The lowest BCUT2D eigenvalue weighted by atomic mass is 10.1. The molecule has 2 aliphatic rings. The molecule has 0 aromatic heterocycles. The van der Waals surface area contributed by atoms with E-state index in [0.717, 1.165) is 43.8 Å². The smallest absolute Gasteiger partial charge is 0.228 e. The zero-order valence-corrected chi connectivity index (χ0v) is 13.0. The maximum atomic E-state index is 12.1. The lowest BCUT2D eigenvalue weighted by Gasteiger charge is -2.15. The van der Waals surface area contributed by atoms with Crippen LogP contribution < -0.4 is 15.4 Å². The summed E-state index contributed by atoms with van der Waals surface area (Å²) >= 11 is 0. The first-order valence-corrected chi connectivity index (χ1v) is 7.59. The van der Waals surface area contributed by atoms with E-state index in [2.05, 4.69) is 10.6 Å². The molecule has 2 N–H and O–H groups in total. The zero-order chi connectivity index (χ0) is 13.8. The first-order valence-electron chi connectivity index (χ1n) is 7.59. The van der Waals surface area contributed by atoms with Gasteiger partial charge in [0, 0.05) is 18.3 Å². The van der Waals surface area contributed by atoms with Gasteiger partial charge in [0.2, 0.25) is 5.91 Å². The number of hydrogen-bond donors (Lipinski definition) is 2. The number of halogens is 1. The molecule has 0 radical (unpaired) electrons. The van der Waals surface area contributed by atoms with E-state index in [-0.39, 0.29) is 24.2 Å². The van der Waals surface area contributed by atoms with Gasteiger partial charge in [0.25, 0.3) is 0 Å². The molecule has 21 heavy (non-hydrogen) atoms. The average Bonchev–Trinajstić information content (AvgIpc) is 3.12. The predicted octanol–water partition coefficient (Wildman–Crippen LogP) is 2.98. The van der Waals surface area contributed by atoms with Gasteiger partial charge in [-0.3, -0.25) is 4.79 Å². The minimum absolute atomic E-state index is 0. The number of nitrogens with one attached hydrogen (secondary N) is 2. The third-order valence-corrected chi connectivity index (χ3v) is 4.14. The summed E-state index contributed by atoms with van der Waals surface area (Å²) in [4.78, 5) is 12.1. The van der Waals surface area contributed by atoms with E-state index in [0.29, 0.717) is 6.10 Å². The van der Waals surface area contributed by atoms with Crippen LogP contribution in [0.5, 0.6) is 5.75 Å². The van der Waals surface area contributed by atoms with Crippen LogP contribution >= 0.6 is 12.4 Å². The van der Waals surface area contributed by atoms with Crippen molar-refractivity contribution in [2.75, 3.05) is 18.4 Å². The molecular formula is C16H23ClN2O2. The lowest BCUT2D eigenvalue weighted by molar-refractivity contribution is -0.119. The standard InChI is InChI=1S/C16H22N2O2.ClH/c19-16(12-8-9-17-11-12)18-13-4-3-7-15(10-13)20-14-5-1-2-6-14;/h3-4,7,10,12,14,17H,1-2,5-6,8-9,11H2,(H,18,19);1H. The van der Waals surface area contributed by atoms with E-state index in [9.17, 15) is 4.79 Å². The van der Waals surface area contributed by atoms with Crippen LogP contribution in [0.2, 0.25) is 0 Å². The molecule has 1 amide bonds. The summed E-state index contributed by atoms with van der Waals surface area (Å²) in [5.41, 5.74) is 0.831. The highest BCUT2D eigenvalue weighted by Crippen LogP contribution is 2.26. The summed E-state index contributed by atoms with van der Waals surface area (Å²) < 4.78 is 5.96. The van der Waals surface area contributed by atoms with Crippen molar-refractivity contribution in [1.82, 2.24) is 5.32 Å². The summed E-state index contributed by atoms with van der Waals surface area (Å²) in [5.74, 6) is 1.06. The second-order valence-electron chi connectivity index (χ2n) is 5.73. The Morgan fingerprint density at radius 2 is 2.05 bits per heavy atom. The molecule has 1 unspecified atom stereocenters. The summed E-state index contributed by atoms with van der Waals surface area (Å²) in [6, 6.07) is 7.75. The normalized spacial score (nSPS) is 21.8.